The van der Waals surface area contributed by atoms with E-state index >= 15 is 0 Å². The predicted octanol–water partition coefficient (Wildman–Crippen LogP) is 2.17. The zero-order valence-electron chi connectivity index (χ0n) is 14.8. The molecule has 1 N–H and O–H groups in total. The second-order valence-electron chi connectivity index (χ2n) is 6.94. The van der Waals surface area contributed by atoms with Crippen LogP contribution in [0.4, 0.5) is 10.1 Å². The maximum Gasteiger partial charge on any atom is 0.225 e. The van der Waals surface area contributed by atoms with Crippen LogP contribution < -0.4 is 4.90 Å². The number of carbonyl (C=O) groups excluding carboxylic acids is 1. The Kier molecular flexibility index (Phi) is 5.91. The number of aliphatic hydroxyl groups is 1. The van der Waals surface area contributed by atoms with Crippen LogP contribution >= 0.6 is 0 Å². The molecule has 1 saturated heterocycles. The molecule has 0 radical (unpaired) electrons. The van der Waals surface area contributed by atoms with Gasteiger partial charge in [0, 0.05) is 44.8 Å². The maximum absolute atomic E-state index is 14.4. The van der Waals surface area contributed by atoms with Gasteiger partial charge in [-0.2, -0.15) is 0 Å². The van der Waals surface area contributed by atoms with Crippen LogP contribution in [0.15, 0.2) is 18.2 Å². The highest BCUT2D eigenvalue weighted by Gasteiger charge is 2.32. The third-order valence-corrected chi connectivity index (χ3v) is 5.47. The van der Waals surface area contributed by atoms with E-state index in [0.717, 1.165) is 25.7 Å². The second-order valence-corrected chi connectivity index (χ2v) is 6.94. The first-order chi connectivity index (χ1) is 12.1. The fourth-order valence-corrected chi connectivity index (χ4v) is 3.94. The van der Waals surface area contributed by atoms with Crippen LogP contribution in [0.5, 0.6) is 0 Å². The van der Waals surface area contributed by atoms with Gasteiger partial charge < -0.3 is 19.6 Å². The molecule has 2 fully saturated rings. The summed E-state index contributed by atoms with van der Waals surface area (Å²) in [5, 5.41) is 9.22. The largest absolute Gasteiger partial charge is 0.392 e. The summed E-state index contributed by atoms with van der Waals surface area (Å²) in [4.78, 5) is 16.6. The monoisotopic (exact) mass is 350 g/mol. The molecular formula is C19H27FN2O3. The molecule has 3 rings (SSSR count). The lowest BCUT2D eigenvalue weighted by molar-refractivity contribution is -0.138. The van der Waals surface area contributed by atoms with Gasteiger partial charge in [-0.1, -0.05) is 18.6 Å². The number of ether oxygens (including phenoxy) is 1. The predicted molar refractivity (Wildman–Crippen MR) is 93.9 cm³/mol. The minimum atomic E-state index is -0.361. The van der Waals surface area contributed by atoms with Crippen LogP contribution in [0.1, 0.15) is 31.2 Å². The van der Waals surface area contributed by atoms with Crippen molar-refractivity contribution in [2.24, 2.45) is 5.92 Å². The average Bonchev–Trinajstić information content (AvgIpc) is 2.68. The smallest absolute Gasteiger partial charge is 0.225 e. The van der Waals surface area contributed by atoms with Gasteiger partial charge in [-0.05, 0) is 25.3 Å². The summed E-state index contributed by atoms with van der Waals surface area (Å²) in [5.74, 6) is -0.0920. The molecule has 1 amide bonds. The minimum absolute atomic E-state index is 0.0553. The van der Waals surface area contributed by atoms with E-state index in [1.807, 2.05) is 9.80 Å². The zero-order chi connectivity index (χ0) is 17.8. The Morgan fingerprint density at radius 3 is 2.72 bits per heavy atom. The van der Waals surface area contributed by atoms with E-state index < -0.39 is 0 Å². The van der Waals surface area contributed by atoms with E-state index in [-0.39, 0.29) is 30.4 Å². The quantitative estimate of drug-likeness (QED) is 0.904. The van der Waals surface area contributed by atoms with Crippen molar-refractivity contribution in [1.29, 1.82) is 0 Å². The highest BCUT2D eigenvalue weighted by molar-refractivity contribution is 5.79. The van der Waals surface area contributed by atoms with E-state index in [4.69, 9.17) is 4.74 Å². The van der Waals surface area contributed by atoms with Crippen LogP contribution in [0.25, 0.3) is 0 Å². The van der Waals surface area contributed by atoms with E-state index in [2.05, 4.69) is 0 Å². The van der Waals surface area contributed by atoms with Crippen LogP contribution in [-0.4, -0.2) is 55.3 Å². The van der Waals surface area contributed by atoms with E-state index in [1.54, 1.807) is 25.3 Å². The van der Waals surface area contributed by atoms with Gasteiger partial charge in [0.1, 0.15) is 0 Å². The van der Waals surface area contributed by atoms with Crippen molar-refractivity contribution in [3.63, 3.8) is 0 Å². The summed E-state index contributed by atoms with van der Waals surface area (Å²) in [7, 11) is 1.71. The van der Waals surface area contributed by atoms with Crippen molar-refractivity contribution < 1.29 is 19.0 Å². The zero-order valence-corrected chi connectivity index (χ0v) is 14.8. The Bertz CT molecular complexity index is 602. The number of piperazine rings is 1. The molecule has 138 valence electrons. The number of methoxy groups -OCH3 is 1. The topological polar surface area (TPSA) is 53.0 Å². The molecule has 1 heterocycles. The summed E-state index contributed by atoms with van der Waals surface area (Å²) in [6.45, 7) is 2.13. The summed E-state index contributed by atoms with van der Waals surface area (Å²) >= 11 is 0. The first kappa shape index (κ1) is 18.1. The molecule has 6 heteroatoms. The molecule has 1 aromatic rings. The molecule has 2 aliphatic rings. The van der Waals surface area contributed by atoms with Gasteiger partial charge in [0.15, 0.2) is 5.82 Å². The van der Waals surface area contributed by atoms with E-state index in [0.29, 0.717) is 37.4 Å². The number of nitrogens with zero attached hydrogens (tertiary/aromatic N) is 2. The molecule has 0 spiro atoms. The van der Waals surface area contributed by atoms with Crippen LogP contribution in [-0.2, 0) is 16.1 Å². The van der Waals surface area contributed by atoms with Gasteiger partial charge in [0.25, 0.3) is 0 Å². The van der Waals surface area contributed by atoms with Crippen LogP contribution in [0.3, 0.4) is 0 Å². The van der Waals surface area contributed by atoms with Crippen LogP contribution in [0, 0.1) is 11.7 Å². The van der Waals surface area contributed by atoms with Crippen molar-refractivity contribution in [2.45, 2.75) is 38.4 Å². The molecule has 1 saturated carbocycles. The molecule has 2 atom stereocenters. The lowest BCUT2D eigenvalue weighted by Gasteiger charge is -2.39. The van der Waals surface area contributed by atoms with Crippen molar-refractivity contribution in [3.05, 3.63) is 29.6 Å². The van der Waals surface area contributed by atoms with Crippen molar-refractivity contribution in [1.82, 2.24) is 4.90 Å². The summed E-state index contributed by atoms with van der Waals surface area (Å²) in [6.07, 6.45) is 4.01. The normalized spacial score (nSPS) is 24.4. The standard InChI is InChI=1S/C19H27FN2O3/c1-25-16-6-2-4-14(12-16)19(24)22-10-8-21(9-11-22)17-7-3-5-15(13-23)18(17)20/h3,5,7,14,16,23H,2,4,6,8-13H2,1H3/t14-,16-/m1/s1. The van der Waals surface area contributed by atoms with Gasteiger partial charge in [-0.15, -0.1) is 0 Å². The average molecular weight is 350 g/mol. The maximum atomic E-state index is 14.4. The summed E-state index contributed by atoms with van der Waals surface area (Å²) < 4.78 is 19.8. The summed E-state index contributed by atoms with van der Waals surface area (Å²) in [6, 6.07) is 5.08. The number of rotatable bonds is 4. The van der Waals surface area contributed by atoms with Gasteiger partial charge in [-0.25, -0.2) is 4.39 Å². The fourth-order valence-electron chi connectivity index (χ4n) is 3.94. The Labute approximate surface area is 148 Å². The van der Waals surface area contributed by atoms with Crippen molar-refractivity contribution >= 4 is 11.6 Å². The third-order valence-electron chi connectivity index (χ3n) is 5.47. The van der Waals surface area contributed by atoms with E-state index in [9.17, 15) is 14.3 Å². The first-order valence-electron chi connectivity index (χ1n) is 9.08. The Morgan fingerprint density at radius 1 is 1.28 bits per heavy atom. The highest BCUT2D eigenvalue weighted by Crippen LogP contribution is 2.29. The summed E-state index contributed by atoms with van der Waals surface area (Å²) in [5.41, 5.74) is 0.819. The number of carbonyl (C=O) groups is 1. The van der Waals surface area contributed by atoms with Gasteiger partial charge in [0.05, 0.1) is 18.4 Å². The molecular weight excluding hydrogens is 323 g/mol. The number of halogens is 1. The molecule has 1 aliphatic heterocycles. The fraction of sp³-hybridized carbons (Fsp3) is 0.632. The SMILES string of the molecule is CO[C@@H]1CCC[C@@H](C(=O)N2CCN(c3cccc(CO)c3F)CC2)C1. The molecule has 1 aliphatic carbocycles. The minimum Gasteiger partial charge on any atom is -0.392 e. The molecule has 0 unspecified atom stereocenters. The first-order valence-corrected chi connectivity index (χ1v) is 9.08. The lowest BCUT2D eigenvalue weighted by Crippen LogP contribution is -2.51. The van der Waals surface area contributed by atoms with Gasteiger partial charge in [-0.3, -0.25) is 4.79 Å². The Balaban J connectivity index is 1.59. The number of amides is 1. The van der Waals surface area contributed by atoms with E-state index in [1.165, 1.54) is 0 Å². The number of hydrogen-bond acceptors (Lipinski definition) is 4. The number of benzene rings is 1. The third kappa shape index (κ3) is 3.96. The highest BCUT2D eigenvalue weighted by atomic mass is 19.1. The number of anilines is 1. The molecule has 0 bridgehead atoms. The van der Waals surface area contributed by atoms with Gasteiger partial charge in [0.2, 0.25) is 5.91 Å². The molecule has 5 nitrogen and oxygen atoms in total. The van der Waals surface area contributed by atoms with Gasteiger partial charge >= 0.3 is 0 Å². The number of hydrogen-bond donors (Lipinski definition) is 1. The molecule has 25 heavy (non-hydrogen) atoms. The Hall–Kier alpha value is -1.66. The number of aliphatic hydroxyl groups excluding tert-OH is 1. The lowest BCUT2D eigenvalue weighted by atomic mass is 9.86. The van der Waals surface area contributed by atoms with Crippen molar-refractivity contribution in [3.8, 4) is 0 Å². The Morgan fingerprint density at radius 2 is 2.04 bits per heavy atom. The molecule has 1 aromatic carbocycles. The molecule has 0 aromatic heterocycles. The van der Waals surface area contributed by atoms with Crippen molar-refractivity contribution in [2.75, 3.05) is 38.2 Å². The van der Waals surface area contributed by atoms with Crippen LogP contribution in [0.2, 0.25) is 0 Å². The second kappa shape index (κ2) is 8.15.